The van der Waals surface area contributed by atoms with E-state index in [1.165, 1.54) is 12.8 Å². The molecular weight excluding hydrogens is 256 g/mol. The molecule has 0 radical (unpaired) electrons. The van der Waals surface area contributed by atoms with Crippen LogP contribution in [0, 0.1) is 0 Å². The number of nitrogens with two attached hydrogens (primary N) is 1. The van der Waals surface area contributed by atoms with Crippen LogP contribution in [0.5, 0.6) is 0 Å². The average molecular weight is 271 g/mol. The monoisotopic (exact) mass is 270 g/mol. The lowest BCUT2D eigenvalue weighted by Crippen LogP contribution is -2.31. The van der Waals surface area contributed by atoms with E-state index in [1.807, 2.05) is 11.8 Å². The van der Waals surface area contributed by atoms with E-state index in [0.29, 0.717) is 16.3 Å². The van der Waals surface area contributed by atoms with Gasteiger partial charge in [-0.05, 0) is 37.3 Å². The molecule has 0 bridgehead atoms. The van der Waals surface area contributed by atoms with E-state index in [-0.39, 0.29) is 10.7 Å². The van der Waals surface area contributed by atoms with Gasteiger partial charge in [-0.2, -0.15) is 11.8 Å². The molecule has 1 saturated carbocycles. The molecule has 17 heavy (non-hydrogen) atoms. The molecule has 1 amide bonds. The molecule has 0 spiro atoms. The number of halogens is 1. The topological polar surface area (TPSA) is 55.1 Å². The Morgan fingerprint density at radius 1 is 1.59 bits per heavy atom. The summed E-state index contributed by atoms with van der Waals surface area (Å²) in [5.41, 5.74) is 6.66. The van der Waals surface area contributed by atoms with Crippen molar-refractivity contribution in [3.05, 3.63) is 28.8 Å². The van der Waals surface area contributed by atoms with Crippen LogP contribution >= 0.6 is 23.4 Å². The number of amides is 1. The van der Waals surface area contributed by atoms with Crippen molar-refractivity contribution in [3.8, 4) is 0 Å². The Hall–Kier alpha value is -0.870. The van der Waals surface area contributed by atoms with Crippen LogP contribution in [0.2, 0.25) is 5.02 Å². The molecule has 0 saturated heterocycles. The fourth-order valence-corrected chi connectivity index (χ4v) is 2.47. The predicted molar refractivity (Wildman–Crippen MR) is 73.7 cm³/mol. The molecule has 5 heteroatoms. The third-order valence-corrected chi connectivity index (χ3v) is 4.83. The van der Waals surface area contributed by atoms with E-state index in [9.17, 15) is 4.79 Å². The number of rotatable bonds is 4. The van der Waals surface area contributed by atoms with E-state index in [0.717, 1.165) is 6.54 Å². The second-order valence-electron chi connectivity index (χ2n) is 4.31. The normalized spacial score (nSPS) is 16.6. The van der Waals surface area contributed by atoms with Crippen LogP contribution in [0.15, 0.2) is 18.2 Å². The van der Waals surface area contributed by atoms with Crippen LogP contribution in [0.1, 0.15) is 23.2 Å². The Balaban J connectivity index is 1.97. The van der Waals surface area contributed by atoms with Gasteiger partial charge in [-0.15, -0.1) is 0 Å². The van der Waals surface area contributed by atoms with Gasteiger partial charge < -0.3 is 11.1 Å². The molecule has 0 aromatic heterocycles. The summed E-state index contributed by atoms with van der Waals surface area (Å²) >= 11 is 7.63. The molecular formula is C12H15ClN2OS. The number of carbonyl (C=O) groups excluding carboxylic acids is 1. The van der Waals surface area contributed by atoms with Crippen LogP contribution in [0.4, 0.5) is 5.69 Å². The first-order chi connectivity index (χ1) is 8.06. The maximum atomic E-state index is 11.9. The first-order valence-electron chi connectivity index (χ1n) is 5.45. The van der Waals surface area contributed by atoms with Crippen molar-refractivity contribution in [1.29, 1.82) is 0 Å². The maximum Gasteiger partial charge on any atom is 0.251 e. The number of thioether (sulfide) groups is 1. The molecule has 1 aromatic carbocycles. The zero-order chi connectivity index (χ0) is 12.5. The van der Waals surface area contributed by atoms with E-state index >= 15 is 0 Å². The van der Waals surface area contributed by atoms with E-state index in [1.54, 1.807) is 18.2 Å². The standard InChI is InChI=1S/C12H15ClN2OS/c1-17-12(4-5-12)7-15-11(16)8-2-3-9(13)10(14)6-8/h2-3,6H,4-5,7,14H2,1H3,(H,15,16). The van der Waals surface area contributed by atoms with Crippen LogP contribution in [-0.2, 0) is 0 Å². The Morgan fingerprint density at radius 2 is 2.29 bits per heavy atom. The molecule has 0 unspecified atom stereocenters. The number of anilines is 1. The fraction of sp³-hybridized carbons (Fsp3) is 0.417. The highest BCUT2D eigenvalue weighted by Crippen LogP contribution is 2.46. The molecule has 1 aliphatic rings. The maximum absolute atomic E-state index is 11.9. The number of benzene rings is 1. The highest BCUT2D eigenvalue weighted by atomic mass is 35.5. The lowest BCUT2D eigenvalue weighted by molar-refractivity contribution is 0.0953. The number of carbonyl (C=O) groups is 1. The van der Waals surface area contributed by atoms with Gasteiger partial charge in [0.1, 0.15) is 0 Å². The molecule has 1 fully saturated rings. The minimum atomic E-state index is -0.0892. The minimum Gasteiger partial charge on any atom is -0.398 e. The summed E-state index contributed by atoms with van der Waals surface area (Å²) in [5.74, 6) is -0.0892. The molecule has 0 aliphatic heterocycles. The van der Waals surface area contributed by atoms with Crippen molar-refractivity contribution in [1.82, 2.24) is 5.32 Å². The van der Waals surface area contributed by atoms with Crippen molar-refractivity contribution < 1.29 is 4.79 Å². The van der Waals surface area contributed by atoms with Gasteiger partial charge in [0, 0.05) is 16.9 Å². The van der Waals surface area contributed by atoms with Crippen molar-refractivity contribution in [2.75, 3.05) is 18.5 Å². The van der Waals surface area contributed by atoms with Crippen LogP contribution < -0.4 is 11.1 Å². The summed E-state index contributed by atoms with van der Waals surface area (Å²) in [7, 11) is 0. The first kappa shape index (κ1) is 12.6. The lowest BCUT2D eigenvalue weighted by Gasteiger charge is -2.13. The lowest BCUT2D eigenvalue weighted by atomic mass is 10.2. The first-order valence-corrected chi connectivity index (χ1v) is 7.05. The number of nitrogens with one attached hydrogen (secondary N) is 1. The summed E-state index contributed by atoms with van der Waals surface area (Å²) in [6.07, 6.45) is 4.44. The third kappa shape index (κ3) is 2.87. The minimum absolute atomic E-state index is 0.0892. The number of hydrogen-bond acceptors (Lipinski definition) is 3. The Kier molecular flexibility index (Phi) is 3.54. The van der Waals surface area contributed by atoms with Gasteiger partial charge >= 0.3 is 0 Å². The zero-order valence-electron chi connectivity index (χ0n) is 9.63. The van der Waals surface area contributed by atoms with E-state index < -0.39 is 0 Å². The molecule has 92 valence electrons. The van der Waals surface area contributed by atoms with Crippen LogP contribution in [0.3, 0.4) is 0 Å². The summed E-state index contributed by atoms with van der Waals surface area (Å²) in [6, 6.07) is 4.94. The van der Waals surface area contributed by atoms with Crippen molar-refractivity contribution >= 4 is 35.0 Å². The summed E-state index contributed by atoms with van der Waals surface area (Å²) < 4.78 is 0.271. The highest BCUT2D eigenvalue weighted by Gasteiger charge is 2.41. The van der Waals surface area contributed by atoms with Gasteiger partial charge in [0.25, 0.3) is 5.91 Å². The van der Waals surface area contributed by atoms with Gasteiger partial charge in [0.15, 0.2) is 0 Å². The van der Waals surface area contributed by atoms with Crippen molar-refractivity contribution in [3.63, 3.8) is 0 Å². The summed E-state index contributed by atoms with van der Waals surface area (Å²) in [6.45, 7) is 0.718. The van der Waals surface area contributed by atoms with E-state index in [2.05, 4.69) is 11.6 Å². The molecule has 2 rings (SSSR count). The highest BCUT2D eigenvalue weighted by molar-refractivity contribution is 8.00. The van der Waals surface area contributed by atoms with Gasteiger partial charge in [-0.3, -0.25) is 4.79 Å². The fourth-order valence-electron chi connectivity index (χ4n) is 1.62. The second-order valence-corrected chi connectivity index (χ2v) is 5.99. The summed E-state index contributed by atoms with van der Waals surface area (Å²) in [4.78, 5) is 11.9. The van der Waals surface area contributed by atoms with Crippen molar-refractivity contribution in [2.45, 2.75) is 17.6 Å². The zero-order valence-corrected chi connectivity index (χ0v) is 11.2. The van der Waals surface area contributed by atoms with Gasteiger partial charge in [-0.1, -0.05) is 11.6 Å². The van der Waals surface area contributed by atoms with Crippen molar-refractivity contribution in [2.24, 2.45) is 0 Å². The Morgan fingerprint density at radius 3 is 2.82 bits per heavy atom. The molecule has 3 N–H and O–H groups in total. The van der Waals surface area contributed by atoms with Crippen LogP contribution in [-0.4, -0.2) is 23.5 Å². The molecule has 1 aliphatic carbocycles. The quantitative estimate of drug-likeness (QED) is 0.827. The Labute approximate surface area is 110 Å². The van der Waals surface area contributed by atoms with Gasteiger partial charge in [0.2, 0.25) is 0 Å². The molecule has 0 heterocycles. The third-order valence-electron chi connectivity index (χ3n) is 3.07. The largest absolute Gasteiger partial charge is 0.398 e. The number of hydrogen-bond donors (Lipinski definition) is 2. The molecule has 3 nitrogen and oxygen atoms in total. The predicted octanol–water partition coefficient (Wildman–Crippen LogP) is 2.55. The summed E-state index contributed by atoms with van der Waals surface area (Å²) in [5, 5.41) is 3.42. The average Bonchev–Trinajstić information content (AvgIpc) is 3.10. The van der Waals surface area contributed by atoms with Gasteiger partial charge in [-0.25, -0.2) is 0 Å². The van der Waals surface area contributed by atoms with E-state index in [4.69, 9.17) is 17.3 Å². The molecule has 0 atom stereocenters. The van der Waals surface area contributed by atoms with Gasteiger partial charge in [0.05, 0.1) is 10.7 Å². The molecule has 1 aromatic rings. The smallest absolute Gasteiger partial charge is 0.251 e. The second kappa shape index (κ2) is 4.78. The van der Waals surface area contributed by atoms with Crippen LogP contribution in [0.25, 0.3) is 0 Å². The Bertz CT molecular complexity index is 446. The number of nitrogen functional groups attached to an aromatic ring is 1. The SMILES string of the molecule is CSC1(CNC(=O)c2ccc(Cl)c(N)c2)CC1.